The molecular formula is C13H22BrN3O2S. The zero-order valence-corrected chi connectivity index (χ0v) is 14.8. The fourth-order valence-electron chi connectivity index (χ4n) is 1.97. The molecule has 0 fully saturated rings. The van der Waals surface area contributed by atoms with Gasteiger partial charge in [0.05, 0.1) is 17.6 Å². The van der Waals surface area contributed by atoms with Gasteiger partial charge in [0.2, 0.25) is 10.0 Å². The summed E-state index contributed by atoms with van der Waals surface area (Å²) in [6.45, 7) is 3.08. The van der Waals surface area contributed by atoms with Crippen molar-refractivity contribution in [2.24, 2.45) is 0 Å². The maximum Gasteiger partial charge on any atom is 0.229 e. The second-order valence-corrected chi connectivity index (χ2v) is 7.97. The number of halogens is 1. The first kappa shape index (κ1) is 17.4. The summed E-state index contributed by atoms with van der Waals surface area (Å²) in [4.78, 5) is 6.51. The highest BCUT2D eigenvalue weighted by atomic mass is 79.9. The van der Waals surface area contributed by atoms with Gasteiger partial charge in [-0.05, 0) is 55.5 Å². The van der Waals surface area contributed by atoms with Gasteiger partial charge < -0.3 is 4.90 Å². The monoisotopic (exact) mass is 363 g/mol. The number of anilines is 1. The average Bonchev–Trinajstić information content (AvgIpc) is 2.25. The summed E-state index contributed by atoms with van der Waals surface area (Å²) in [6, 6.07) is 1.76. The van der Waals surface area contributed by atoms with Gasteiger partial charge >= 0.3 is 0 Å². The van der Waals surface area contributed by atoms with Crippen LogP contribution in [0.15, 0.2) is 16.7 Å². The minimum atomic E-state index is -3.30. The quantitative estimate of drug-likeness (QED) is 0.808. The van der Waals surface area contributed by atoms with Crippen molar-refractivity contribution < 1.29 is 8.42 Å². The Morgan fingerprint density at radius 2 is 2.10 bits per heavy atom. The van der Waals surface area contributed by atoms with Crippen LogP contribution in [0.3, 0.4) is 0 Å². The zero-order chi connectivity index (χ0) is 15.3. The number of pyridine rings is 1. The molecule has 5 nitrogen and oxygen atoms in total. The first-order chi connectivity index (χ1) is 9.19. The third-order valence-corrected chi connectivity index (χ3v) is 3.91. The Morgan fingerprint density at radius 3 is 2.65 bits per heavy atom. The van der Waals surface area contributed by atoms with Crippen LogP contribution in [-0.2, 0) is 10.0 Å². The van der Waals surface area contributed by atoms with Crippen molar-refractivity contribution in [3.63, 3.8) is 0 Å². The Kier molecular flexibility index (Phi) is 6.42. The van der Waals surface area contributed by atoms with Crippen LogP contribution in [0, 0.1) is 0 Å². The minimum Gasteiger partial charge on any atom is -0.309 e. The molecule has 1 aromatic rings. The van der Waals surface area contributed by atoms with E-state index in [1.165, 1.54) is 0 Å². The standard InChI is InChI=1S/C13H22BrN3O2S/c1-10(6-5-7-17(2)3)13-12(16-20(4,18)19)8-11(14)9-15-13/h8-10,16H,5-7H2,1-4H3. The van der Waals surface area contributed by atoms with Gasteiger partial charge in [-0.2, -0.15) is 0 Å². The molecule has 0 aromatic carbocycles. The molecule has 0 amide bonds. The van der Waals surface area contributed by atoms with Crippen LogP contribution < -0.4 is 4.72 Å². The number of sulfonamides is 1. The van der Waals surface area contributed by atoms with Crippen LogP contribution >= 0.6 is 15.9 Å². The topological polar surface area (TPSA) is 62.3 Å². The van der Waals surface area contributed by atoms with Crippen molar-refractivity contribution in [1.29, 1.82) is 0 Å². The SMILES string of the molecule is CC(CCCN(C)C)c1ncc(Br)cc1NS(C)(=O)=O. The molecule has 114 valence electrons. The molecule has 0 aliphatic heterocycles. The average molecular weight is 364 g/mol. The number of hydrogen-bond acceptors (Lipinski definition) is 4. The summed E-state index contributed by atoms with van der Waals surface area (Å²) in [5, 5.41) is 0. The van der Waals surface area contributed by atoms with Gasteiger partial charge in [-0.1, -0.05) is 6.92 Å². The lowest BCUT2D eigenvalue weighted by molar-refractivity contribution is 0.387. The zero-order valence-electron chi connectivity index (χ0n) is 12.4. The molecule has 0 aliphatic rings. The van der Waals surface area contributed by atoms with Gasteiger partial charge in [0.15, 0.2) is 0 Å². The van der Waals surface area contributed by atoms with Crippen molar-refractivity contribution in [2.75, 3.05) is 31.6 Å². The van der Waals surface area contributed by atoms with Gasteiger partial charge in [0.25, 0.3) is 0 Å². The molecule has 1 aromatic heterocycles. The van der Waals surface area contributed by atoms with E-state index in [2.05, 4.69) is 37.5 Å². The van der Waals surface area contributed by atoms with Crippen LogP contribution in [0.4, 0.5) is 5.69 Å². The van der Waals surface area contributed by atoms with Crippen molar-refractivity contribution in [1.82, 2.24) is 9.88 Å². The fraction of sp³-hybridized carbons (Fsp3) is 0.615. The second kappa shape index (κ2) is 7.38. The van der Waals surface area contributed by atoms with E-state index in [9.17, 15) is 8.42 Å². The van der Waals surface area contributed by atoms with Crippen LogP contribution in [0.5, 0.6) is 0 Å². The highest BCUT2D eigenvalue weighted by Gasteiger charge is 2.15. The first-order valence-electron chi connectivity index (χ1n) is 6.47. The largest absolute Gasteiger partial charge is 0.309 e. The van der Waals surface area contributed by atoms with Crippen molar-refractivity contribution >= 4 is 31.6 Å². The normalized spacial score (nSPS) is 13.5. The smallest absolute Gasteiger partial charge is 0.229 e. The molecule has 1 unspecified atom stereocenters. The molecule has 0 aliphatic carbocycles. The number of nitrogens with one attached hydrogen (secondary N) is 1. The van der Waals surface area contributed by atoms with E-state index in [0.717, 1.165) is 35.8 Å². The highest BCUT2D eigenvalue weighted by Crippen LogP contribution is 2.28. The number of nitrogens with zero attached hydrogens (tertiary/aromatic N) is 2. The molecule has 1 rings (SSSR count). The van der Waals surface area contributed by atoms with E-state index in [1.807, 2.05) is 14.1 Å². The van der Waals surface area contributed by atoms with E-state index >= 15 is 0 Å². The van der Waals surface area contributed by atoms with Crippen molar-refractivity contribution in [3.8, 4) is 0 Å². The molecule has 0 saturated heterocycles. The molecule has 0 radical (unpaired) electrons. The number of hydrogen-bond donors (Lipinski definition) is 1. The molecule has 20 heavy (non-hydrogen) atoms. The van der Waals surface area contributed by atoms with E-state index in [1.54, 1.807) is 12.3 Å². The van der Waals surface area contributed by atoms with E-state index < -0.39 is 10.0 Å². The van der Waals surface area contributed by atoms with E-state index in [0.29, 0.717) is 5.69 Å². The summed E-state index contributed by atoms with van der Waals surface area (Å²) in [7, 11) is 0.779. The van der Waals surface area contributed by atoms with Crippen LogP contribution in [0.2, 0.25) is 0 Å². The number of aromatic nitrogens is 1. The molecule has 1 atom stereocenters. The van der Waals surface area contributed by atoms with Gasteiger partial charge in [-0.15, -0.1) is 0 Å². The lowest BCUT2D eigenvalue weighted by Gasteiger charge is -2.17. The predicted molar refractivity (Wildman–Crippen MR) is 86.6 cm³/mol. The van der Waals surface area contributed by atoms with E-state index in [-0.39, 0.29) is 5.92 Å². The predicted octanol–water partition coefficient (Wildman–Crippen LogP) is 2.66. The molecular weight excluding hydrogens is 342 g/mol. The summed E-state index contributed by atoms with van der Waals surface area (Å²) < 4.78 is 26.2. The summed E-state index contributed by atoms with van der Waals surface area (Å²) in [5.74, 6) is 0.201. The maximum atomic E-state index is 11.4. The maximum absolute atomic E-state index is 11.4. The molecule has 0 spiro atoms. The minimum absolute atomic E-state index is 0.201. The Labute approximate surface area is 130 Å². The van der Waals surface area contributed by atoms with Gasteiger partial charge in [-0.25, -0.2) is 8.42 Å². The summed E-state index contributed by atoms with van der Waals surface area (Å²) >= 11 is 3.32. The molecule has 1 N–H and O–H groups in total. The highest BCUT2D eigenvalue weighted by molar-refractivity contribution is 9.10. The fourth-order valence-corrected chi connectivity index (χ4v) is 2.87. The Bertz CT molecular complexity index is 547. The second-order valence-electron chi connectivity index (χ2n) is 5.31. The Morgan fingerprint density at radius 1 is 1.45 bits per heavy atom. The number of rotatable bonds is 7. The molecule has 1 heterocycles. The van der Waals surface area contributed by atoms with Crippen LogP contribution in [0.1, 0.15) is 31.4 Å². The summed E-state index contributed by atoms with van der Waals surface area (Å²) in [5.41, 5.74) is 1.34. The van der Waals surface area contributed by atoms with Gasteiger partial charge in [0.1, 0.15) is 0 Å². The third kappa shape index (κ3) is 6.19. The third-order valence-electron chi connectivity index (χ3n) is 2.89. The van der Waals surface area contributed by atoms with Gasteiger partial charge in [-0.3, -0.25) is 9.71 Å². The van der Waals surface area contributed by atoms with Crippen molar-refractivity contribution in [3.05, 3.63) is 22.4 Å². The van der Waals surface area contributed by atoms with Crippen LogP contribution in [0.25, 0.3) is 0 Å². The summed E-state index contributed by atoms with van der Waals surface area (Å²) in [6.07, 6.45) is 4.86. The van der Waals surface area contributed by atoms with Crippen molar-refractivity contribution in [2.45, 2.75) is 25.7 Å². The molecule has 0 bridgehead atoms. The van der Waals surface area contributed by atoms with Crippen LogP contribution in [-0.4, -0.2) is 45.2 Å². The first-order valence-corrected chi connectivity index (χ1v) is 9.15. The van der Waals surface area contributed by atoms with E-state index in [4.69, 9.17) is 0 Å². The Hall–Kier alpha value is -0.660. The lowest BCUT2D eigenvalue weighted by Crippen LogP contribution is -2.15. The lowest BCUT2D eigenvalue weighted by atomic mass is 10.00. The Balaban J connectivity index is 2.87. The molecule has 7 heteroatoms. The van der Waals surface area contributed by atoms with Gasteiger partial charge in [0, 0.05) is 16.6 Å². The molecule has 0 saturated carbocycles.